The second kappa shape index (κ2) is 8.28. The fourth-order valence-electron chi connectivity index (χ4n) is 2.77. The molecular formula is C21H19ClN4O3. The van der Waals surface area contributed by atoms with Gasteiger partial charge in [-0.15, -0.1) is 0 Å². The standard InChI is InChI=1S/C21H19ClN4O3/c1-12-4-7-16(23-14(3)27)11-18(12)24-21(29)20-19(28)10-13(2)26(25-20)17-8-5-15(22)6-9-17/h4-11H,1-3H3,(H,23,27)(H,24,29). The molecule has 0 saturated heterocycles. The summed E-state index contributed by atoms with van der Waals surface area (Å²) in [4.78, 5) is 36.4. The summed E-state index contributed by atoms with van der Waals surface area (Å²) in [7, 11) is 0. The number of carbonyl (C=O) groups is 2. The molecule has 148 valence electrons. The Bertz CT molecular complexity index is 1150. The smallest absolute Gasteiger partial charge is 0.280 e. The van der Waals surface area contributed by atoms with Gasteiger partial charge in [-0.1, -0.05) is 17.7 Å². The zero-order valence-electron chi connectivity index (χ0n) is 16.1. The molecule has 7 nitrogen and oxygen atoms in total. The molecule has 2 N–H and O–H groups in total. The van der Waals surface area contributed by atoms with Crippen LogP contribution in [0.4, 0.5) is 11.4 Å². The number of nitrogens with one attached hydrogen (secondary N) is 2. The molecule has 3 aromatic rings. The number of aromatic nitrogens is 2. The van der Waals surface area contributed by atoms with E-state index in [0.29, 0.717) is 27.8 Å². The first-order valence-electron chi connectivity index (χ1n) is 8.81. The molecule has 29 heavy (non-hydrogen) atoms. The second-order valence-corrected chi connectivity index (χ2v) is 6.99. The van der Waals surface area contributed by atoms with Crippen LogP contribution in [0.5, 0.6) is 0 Å². The molecule has 1 heterocycles. The highest BCUT2D eigenvalue weighted by Gasteiger charge is 2.17. The molecule has 0 spiro atoms. The lowest BCUT2D eigenvalue weighted by Gasteiger charge is -2.13. The minimum absolute atomic E-state index is 0.225. The average molecular weight is 411 g/mol. The molecule has 2 aromatic carbocycles. The second-order valence-electron chi connectivity index (χ2n) is 6.55. The lowest BCUT2D eigenvalue weighted by atomic mass is 10.1. The Hall–Kier alpha value is -3.45. The monoisotopic (exact) mass is 410 g/mol. The number of amides is 2. The van der Waals surface area contributed by atoms with Crippen LogP contribution in [0.25, 0.3) is 5.69 Å². The number of carbonyl (C=O) groups excluding carboxylic acids is 2. The van der Waals surface area contributed by atoms with Gasteiger partial charge in [0.2, 0.25) is 11.3 Å². The number of aryl methyl sites for hydroxylation is 2. The van der Waals surface area contributed by atoms with Gasteiger partial charge in [-0.2, -0.15) is 5.10 Å². The summed E-state index contributed by atoms with van der Waals surface area (Å²) in [5, 5.41) is 10.2. The third-order valence-electron chi connectivity index (χ3n) is 4.20. The highest BCUT2D eigenvalue weighted by Crippen LogP contribution is 2.21. The van der Waals surface area contributed by atoms with Gasteiger partial charge in [0.15, 0.2) is 5.69 Å². The van der Waals surface area contributed by atoms with Crippen LogP contribution >= 0.6 is 11.6 Å². The summed E-state index contributed by atoms with van der Waals surface area (Å²) in [6, 6.07) is 13.4. The molecule has 0 unspecified atom stereocenters. The van der Waals surface area contributed by atoms with Gasteiger partial charge in [0, 0.05) is 35.1 Å². The highest BCUT2D eigenvalue weighted by atomic mass is 35.5. The van der Waals surface area contributed by atoms with Crippen molar-refractivity contribution in [1.82, 2.24) is 9.78 Å². The lowest BCUT2D eigenvalue weighted by Crippen LogP contribution is -2.27. The number of rotatable bonds is 4. The van der Waals surface area contributed by atoms with Crippen LogP contribution in [0, 0.1) is 13.8 Å². The lowest BCUT2D eigenvalue weighted by molar-refractivity contribution is -0.114. The van der Waals surface area contributed by atoms with E-state index in [1.165, 1.54) is 17.7 Å². The Balaban J connectivity index is 1.96. The van der Waals surface area contributed by atoms with Crippen LogP contribution in [0.3, 0.4) is 0 Å². The normalized spacial score (nSPS) is 10.5. The van der Waals surface area contributed by atoms with E-state index in [2.05, 4.69) is 15.7 Å². The molecule has 0 atom stereocenters. The van der Waals surface area contributed by atoms with Crippen LogP contribution < -0.4 is 16.1 Å². The van der Waals surface area contributed by atoms with E-state index >= 15 is 0 Å². The molecule has 1 aromatic heterocycles. The van der Waals surface area contributed by atoms with Crippen LogP contribution in [0.1, 0.15) is 28.7 Å². The van der Waals surface area contributed by atoms with Crippen molar-refractivity contribution in [2.45, 2.75) is 20.8 Å². The molecule has 2 amide bonds. The SMILES string of the molecule is CC(=O)Nc1ccc(C)c(NC(=O)c2nn(-c3ccc(Cl)cc3)c(C)cc2=O)c1. The third kappa shape index (κ3) is 4.70. The molecule has 3 rings (SSSR count). The quantitative estimate of drug-likeness (QED) is 0.685. The van der Waals surface area contributed by atoms with Crippen molar-refractivity contribution in [1.29, 1.82) is 0 Å². The van der Waals surface area contributed by atoms with Crippen molar-refractivity contribution in [2.24, 2.45) is 0 Å². The Morgan fingerprint density at radius 2 is 1.69 bits per heavy atom. The van der Waals surface area contributed by atoms with Crippen molar-refractivity contribution >= 4 is 34.8 Å². The van der Waals surface area contributed by atoms with Crippen LogP contribution in [0.15, 0.2) is 53.3 Å². The molecule has 0 aliphatic carbocycles. The summed E-state index contributed by atoms with van der Waals surface area (Å²) in [5.74, 6) is -0.863. The van der Waals surface area contributed by atoms with Crippen molar-refractivity contribution in [3.05, 3.63) is 80.7 Å². The summed E-state index contributed by atoms with van der Waals surface area (Å²) < 4.78 is 1.51. The van der Waals surface area contributed by atoms with Gasteiger partial charge >= 0.3 is 0 Å². The molecule has 0 bridgehead atoms. The molecule has 0 saturated carbocycles. The maximum absolute atomic E-state index is 12.8. The Morgan fingerprint density at radius 3 is 2.34 bits per heavy atom. The van der Waals surface area contributed by atoms with E-state index in [-0.39, 0.29) is 11.6 Å². The Morgan fingerprint density at radius 1 is 1.00 bits per heavy atom. The number of hydrogen-bond donors (Lipinski definition) is 2. The fourth-order valence-corrected chi connectivity index (χ4v) is 2.89. The van der Waals surface area contributed by atoms with Crippen LogP contribution in [-0.2, 0) is 4.79 Å². The van der Waals surface area contributed by atoms with Gasteiger partial charge in [0.1, 0.15) is 0 Å². The maximum Gasteiger partial charge on any atom is 0.280 e. The van der Waals surface area contributed by atoms with Crippen molar-refractivity contribution < 1.29 is 9.59 Å². The minimum Gasteiger partial charge on any atom is -0.326 e. The largest absolute Gasteiger partial charge is 0.326 e. The topological polar surface area (TPSA) is 93.1 Å². The molecule has 8 heteroatoms. The number of anilines is 2. The predicted octanol–water partition coefficient (Wildman–Crippen LogP) is 3.71. The van der Waals surface area contributed by atoms with Gasteiger partial charge in [-0.3, -0.25) is 14.4 Å². The van der Waals surface area contributed by atoms with Gasteiger partial charge in [0.05, 0.1) is 5.69 Å². The van der Waals surface area contributed by atoms with Gasteiger partial charge < -0.3 is 10.6 Å². The number of halogens is 1. The van der Waals surface area contributed by atoms with E-state index in [0.717, 1.165) is 5.56 Å². The first-order valence-corrected chi connectivity index (χ1v) is 9.19. The van der Waals surface area contributed by atoms with E-state index in [9.17, 15) is 14.4 Å². The highest BCUT2D eigenvalue weighted by molar-refractivity contribution is 6.30. The van der Waals surface area contributed by atoms with Crippen LogP contribution in [-0.4, -0.2) is 21.6 Å². The van der Waals surface area contributed by atoms with Crippen molar-refractivity contribution in [3.8, 4) is 5.69 Å². The summed E-state index contributed by atoms with van der Waals surface area (Å²) in [6.07, 6.45) is 0. The molecule has 0 fully saturated rings. The first kappa shape index (κ1) is 20.3. The van der Waals surface area contributed by atoms with E-state index in [4.69, 9.17) is 11.6 Å². The molecule has 0 aliphatic rings. The Labute approximate surface area is 172 Å². The van der Waals surface area contributed by atoms with Crippen LogP contribution in [0.2, 0.25) is 5.02 Å². The number of benzene rings is 2. The van der Waals surface area contributed by atoms with E-state index < -0.39 is 11.3 Å². The van der Waals surface area contributed by atoms with Crippen molar-refractivity contribution in [2.75, 3.05) is 10.6 Å². The molecule has 0 radical (unpaired) electrons. The fraction of sp³-hybridized carbons (Fsp3) is 0.143. The van der Waals surface area contributed by atoms with Gasteiger partial charge in [-0.25, -0.2) is 4.68 Å². The summed E-state index contributed by atoms with van der Waals surface area (Å²) >= 11 is 5.93. The number of hydrogen-bond acceptors (Lipinski definition) is 4. The summed E-state index contributed by atoms with van der Waals surface area (Å²) in [6.45, 7) is 4.93. The predicted molar refractivity (Wildman–Crippen MR) is 113 cm³/mol. The van der Waals surface area contributed by atoms with E-state index in [1.54, 1.807) is 49.4 Å². The average Bonchev–Trinajstić information content (AvgIpc) is 2.65. The zero-order valence-corrected chi connectivity index (χ0v) is 16.9. The summed E-state index contributed by atoms with van der Waals surface area (Å²) in [5.41, 5.74) is 2.31. The maximum atomic E-state index is 12.8. The number of nitrogens with zero attached hydrogens (tertiary/aromatic N) is 2. The molecular weight excluding hydrogens is 392 g/mol. The first-order chi connectivity index (χ1) is 13.7. The Kier molecular flexibility index (Phi) is 5.79. The minimum atomic E-state index is -0.638. The molecule has 0 aliphatic heterocycles. The van der Waals surface area contributed by atoms with Gasteiger partial charge in [-0.05, 0) is 55.8 Å². The zero-order chi connectivity index (χ0) is 21.1. The van der Waals surface area contributed by atoms with Crippen molar-refractivity contribution in [3.63, 3.8) is 0 Å². The van der Waals surface area contributed by atoms with E-state index in [1.807, 2.05) is 6.92 Å². The van der Waals surface area contributed by atoms with Gasteiger partial charge in [0.25, 0.3) is 5.91 Å². The third-order valence-corrected chi connectivity index (χ3v) is 4.45.